The highest BCUT2D eigenvalue weighted by molar-refractivity contribution is 6.54. The standard InChI is InChI=1S/C15H18Cl3NO/c1-4-13(3)14(5-2,15(13,17)18)12(20)19-11-8-6-10(16)7-9-11/h6-9H,4-5H2,1-3H3,(H,19,20). The predicted molar refractivity (Wildman–Crippen MR) is 85.6 cm³/mol. The first-order chi connectivity index (χ1) is 9.26. The molecule has 1 aliphatic carbocycles. The zero-order valence-electron chi connectivity index (χ0n) is 11.8. The Labute approximate surface area is 134 Å². The number of amides is 1. The van der Waals surface area contributed by atoms with E-state index in [0.717, 1.165) is 6.42 Å². The lowest BCUT2D eigenvalue weighted by Gasteiger charge is -2.18. The molecule has 0 bridgehead atoms. The molecule has 2 atom stereocenters. The number of hydrogen-bond donors (Lipinski definition) is 1. The largest absolute Gasteiger partial charge is 0.325 e. The molecule has 1 amide bonds. The summed E-state index contributed by atoms with van der Waals surface area (Å²) in [7, 11) is 0. The molecule has 0 aliphatic heterocycles. The van der Waals surface area contributed by atoms with Crippen LogP contribution >= 0.6 is 34.8 Å². The van der Waals surface area contributed by atoms with E-state index < -0.39 is 15.2 Å². The predicted octanol–water partition coefficient (Wildman–Crippen LogP) is 5.28. The van der Waals surface area contributed by atoms with Crippen LogP contribution in [0.1, 0.15) is 33.6 Å². The van der Waals surface area contributed by atoms with Crippen molar-refractivity contribution in [1.29, 1.82) is 0 Å². The fourth-order valence-electron chi connectivity index (χ4n) is 3.22. The van der Waals surface area contributed by atoms with Crippen LogP contribution in [0.2, 0.25) is 5.02 Å². The molecule has 0 spiro atoms. The van der Waals surface area contributed by atoms with Gasteiger partial charge in [-0.05, 0) is 37.1 Å². The van der Waals surface area contributed by atoms with Gasteiger partial charge in [0.2, 0.25) is 5.91 Å². The number of anilines is 1. The molecule has 5 heteroatoms. The number of benzene rings is 1. The van der Waals surface area contributed by atoms with Crippen molar-refractivity contribution in [3.05, 3.63) is 29.3 Å². The number of rotatable bonds is 4. The Bertz CT molecular complexity index is 528. The van der Waals surface area contributed by atoms with E-state index in [4.69, 9.17) is 34.8 Å². The number of hydrogen-bond acceptors (Lipinski definition) is 1. The molecule has 2 rings (SSSR count). The molecule has 2 nitrogen and oxygen atoms in total. The monoisotopic (exact) mass is 333 g/mol. The van der Waals surface area contributed by atoms with E-state index >= 15 is 0 Å². The molecule has 1 N–H and O–H groups in total. The van der Waals surface area contributed by atoms with E-state index in [1.165, 1.54) is 0 Å². The summed E-state index contributed by atoms with van der Waals surface area (Å²) < 4.78 is -1.03. The van der Waals surface area contributed by atoms with Crippen molar-refractivity contribution < 1.29 is 4.79 Å². The second kappa shape index (κ2) is 5.08. The molecule has 110 valence electrons. The molecule has 20 heavy (non-hydrogen) atoms. The van der Waals surface area contributed by atoms with Crippen LogP contribution in [0.15, 0.2) is 24.3 Å². The first-order valence-corrected chi connectivity index (χ1v) is 7.85. The van der Waals surface area contributed by atoms with Gasteiger partial charge < -0.3 is 5.32 Å². The van der Waals surface area contributed by atoms with Gasteiger partial charge in [0.15, 0.2) is 0 Å². The first-order valence-electron chi connectivity index (χ1n) is 6.71. The third-order valence-electron chi connectivity index (χ3n) is 4.84. The van der Waals surface area contributed by atoms with Crippen molar-refractivity contribution in [2.45, 2.75) is 37.9 Å². The minimum Gasteiger partial charge on any atom is -0.325 e. The van der Waals surface area contributed by atoms with Crippen LogP contribution in [0.5, 0.6) is 0 Å². The highest BCUT2D eigenvalue weighted by atomic mass is 35.5. The molecule has 0 aromatic heterocycles. The van der Waals surface area contributed by atoms with Crippen molar-refractivity contribution in [2.75, 3.05) is 5.32 Å². The maximum absolute atomic E-state index is 12.7. The Morgan fingerprint density at radius 1 is 1.15 bits per heavy atom. The molecular weight excluding hydrogens is 317 g/mol. The highest BCUT2D eigenvalue weighted by Gasteiger charge is 2.85. The van der Waals surface area contributed by atoms with Gasteiger partial charge in [-0.15, -0.1) is 0 Å². The molecule has 0 heterocycles. The van der Waals surface area contributed by atoms with Gasteiger partial charge >= 0.3 is 0 Å². The maximum Gasteiger partial charge on any atom is 0.234 e. The number of halogens is 3. The summed E-state index contributed by atoms with van der Waals surface area (Å²) in [5.74, 6) is -0.128. The normalized spacial score (nSPS) is 30.9. The summed E-state index contributed by atoms with van der Waals surface area (Å²) in [5.41, 5.74) is -0.465. The van der Waals surface area contributed by atoms with Gasteiger partial charge in [0.25, 0.3) is 0 Å². The number of carbonyl (C=O) groups is 1. The Kier molecular flexibility index (Phi) is 4.05. The van der Waals surface area contributed by atoms with Crippen molar-refractivity contribution in [1.82, 2.24) is 0 Å². The summed E-state index contributed by atoms with van der Waals surface area (Å²) in [6.07, 6.45) is 1.35. The molecule has 1 fully saturated rings. The van der Waals surface area contributed by atoms with E-state index in [0.29, 0.717) is 17.1 Å². The third kappa shape index (κ3) is 1.88. The lowest BCUT2D eigenvalue weighted by Crippen LogP contribution is -2.30. The van der Waals surface area contributed by atoms with Crippen LogP contribution in [-0.4, -0.2) is 10.2 Å². The summed E-state index contributed by atoms with van der Waals surface area (Å²) in [6, 6.07) is 6.99. The molecule has 1 aliphatic rings. The molecule has 1 saturated carbocycles. The number of carbonyl (C=O) groups excluding carboxylic acids is 1. The molecule has 1 aromatic rings. The highest BCUT2D eigenvalue weighted by Crippen LogP contribution is 2.80. The van der Waals surface area contributed by atoms with Gasteiger partial charge in [-0.25, -0.2) is 0 Å². The number of nitrogens with one attached hydrogen (secondary N) is 1. The molecular formula is C15H18Cl3NO. The van der Waals surface area contributed by atoms with Crippen LogP contribution in [0.4, 0.5) is 5.69 Å². The van der Waals surface area contributed by atoms with Gasteiger partial charge in [-0.1, -0.05) is 55.6 Å². The van der Waals surface area contributed by atoms with E-state index in [1.807, 2.05) is 20.8 Å². The second-order valence-electron chi connectivity index (χ2n) is 5.48. The summed E-state index contributed by atoms with van der Waals surface area (Å²) in [6.45, 7) is 5.92. The summed E-state index contributed by atoms with van der Waals surface area (Å²) in [4.78, 5) is 12.7. The van der Waals surface area contributed by atoms with Crippen LogP contribution in [0.3, 0.4) is 0 Å². The third-order valence-corrected chi connectivity index (χ3v) is 6.57. The van der Waals surface area contributed by atoms with Crippen molar-refractivity contribution >= 4 is 46.4 Å². The maximum atomic E-state index is 12.7. The molecule has 1 aromatic carbocycles. The average molecular weight is 335 g/mol. The Balaban J connectivity index is 2.26. The van der Waals surface area contributed by atoms with Crippen LogP contribution in [0.25, 0.3) is 0 Å². The smallest absolute Gasteiger partial charge is 0.234 e. The van der Waals surface area contributed by atoms with Crippen LogP contribution < -0.4 is 5.32 Å². The SMILES string of the molecule is CCC1(C)C(Cl)(Cl)C1(CC)C(=O)Nc1ccc(Cl)cc1. The lowest BCUT2D eigenvalue weighted by atomic mass is 9.89. The first kappa shape index (κ1) is 15.9. The molecule has 0 saturated heterocycles. The topological polar surface area (TPSA) is 29.1 Å². The fourth-order valence-corrected chi connectivity index (χ4v) is 4.70. The van der Waals surface area contributed by atoms with E-state index in [2.05, 4.69) is 5.32 Å². The second-order valence-corrected chi connectivity index (χ2v) is 7.24. The van der Waals surface area contributed by atoms with Gasteiger partial charge in [0, 0.05) is 16.1 Å². The number of alkyl halides is 2. The van der Waals surface area contributed by atoms with E-state index in [9.17, 15) is 4.79 Å². The summed E-state index contributed by atoms with van der Waals surface area (Å²) in [5, 5.41) is 3.53. The Morgan fingerprint density at radius 3 is 2.10 bits per heavy atom. The average Bonchev–Trinajstić information content (AvgIpc) is 2.82. The van der Waals surface area contributed by atoms with E-state index in [-0.39, 0.29) is 5.91 Å². The minimum atomic E-state index is -1.03. The Hall–Kier alpha value is -0.440. The fraction of sp³-hybridized carbons (Fsp3) is 0.533. The quantitative estimate of drug-likeness (QED) is 0.746. The van der Waals surface area contributed by atoms with Gasteiger partial charge in [0.05, 0.1) is 5.41 Å². The van der Waals surface area contributed by atoms with Crippen molar-refractivity contribution in [3.63, 3.8) is 0 Å². The van der Waals surface area contributed by atoms with Crippen LogP contribution in [-0.2, 0) is 4.79 Å². The van der Waals surface area contributed by atoms with Crippen LogP contribution in [0, 0.1) is 10.8 Å². The van der Waals surface area contributed by atoms with Crippen molar-refractivity contribution in [2.24, 2.45) is 10.8 Å². The van der Waals surface area contributed by atoms with Gasteiger partial charge in [-0.2, -0.15) is 0 Å². The zero-order valence-corrected chi connectivity index (χ0v) is 14.0. The van der Waals surface area contributed by atoms with Crippen molar-refractivity contribution in [3.8, 4) is 0 Å². The van der Waals surface area contributed by atoms with E-state index in [1.54, 1.807) is 24.3 Å². The molecule has 0 radical (unpaired) electrons. The minimum absolute atomic E-state index is 0.128. The van der Waals surface area contributed by atoms with Gasteiger partial charge in [-0.3, -0.25) is 4.79 Å². The Morgan fingerprint density at radius 2 is 1.70 bits per heavy atom. The summed E-state index contributed by atoms with van der Waals surface area (Å²) >= 11 is 18.7. The lowest BCUT2D eigenvalue weighted by molar-refractivity contribution is -0.122. The zero-order chi connectivity index (χ0) is 15.2. The van der Waals surface area contributed by atoms with Gasteiger partial charge in [0.1, 0.15) is 4.33 Å². The molecule has 2 unspecified atom stereocenters.